The van der Waals surface area contributed by atoms with Crippen LogP contribution in [0, 0.1) is 10.1 Å². The summed E-state index contributed by atoms with van der Waals surface area (Å²) >= 11 is 9.45. The molecule has 0 unspecified atom stereocenters. The zero-order valence-corrected chi connectivity index (χ0v) is 12.2. The fraction of sp³-hybridized carbons (Fsp3) is 0. The maximum atomic E-state index is 10.3. The highest BCUT2D eigenvalue weighted by molar-refractivity contribution is 7.80. The molecule has 2 rings (SSSR count). The number of nitrogens with zero attached hydrogens (tertiary/aromatic N) is 1. The first-order valence-corrected chi connectivity index (χ1v) is 6.36. The number of hydrogen-bond acceptors (Lipinski definition) is 5. The Morgan fingerprint density at radius 1 is 1.29 bits per heavy atom. The van der Waals surface area contributed by atoms with Crippen LogP contribution in [0.25, 0.3) is 0 Å². The fourth-order valence-corrected chi connectivity index (χ4v) is 1.72. The molecular formula is C13H11ClN2O4S. The number of nitro benzene ring substituents is 1. The van der Waals surface area contributed by atoms with Crippen LogP contribution in [-0.4, -0.2) is 16.0 Å². The van der Waals surface area contributed by atoms with E-state index in [1.807, 2.05) is 0 Å². The number of halogens is 1. The lowest BCUT2D eigenvalue weighted by molar-refractivity contribution is -0.384. The van der Waals surface area contributed by atoms with E-state index in [0.29, 0.717) is 10.6 Å². The summed E-state index contributed by atoms with van der Waals surface area (Å²) in [7, 11) is 0. The van der Waals surface area contributed by atoms with Crippen molar-refractivity contribution in [3.05, 3.63) is 63.2 Å². The standard InChI is InChI=1S/C7H7NO2.C6H4ClNO2S/c8-6-4-2-1-3-5(6)7(9)10;7-5-2-1-4(11)3-6(5)8(9)10/h1-4H,8H2,(H,9,10);1-3,11H. The van der Waals surface area contributed by atoms with E-state index >= 15 is 0 Å². The third kappa shape index (κ3) is 4.97. The van der Waals surface area contributed by atoms with Gasteiger partial charge in [-0.1, -0.05) is 23.7 Å². The predicted octanol–water partition coefficient (Wildman–Crippen LogP) is 3.50. The first-order chi connectivity index (χ1) is 9.82. The normalized spacial score (nSPS) is 9.43. The summed E-state index contributed by atoms with van der Waals surface area (Å²) in [6.07, 6.45) is 0. The molecule has 21 heavy (non-hydrogen) atoms. The smallest absolute Gasteiger partial charge is 0.337 e. The number of para-hydroxylation sites is 1. The second-order valence-corrected chi connectivity index (χ2v) is 4.71. The number of nitrogens with two attached hydrogens (primary N) is 1. The maximum absolute atomic E-state index is 10.3. The zero-order chi connectivity index (χ0) is 16.0. The van der Waals surface area contributed by atoms with Crippen molar-refractivity contribution in [1.82, 2.24) is 0 Å². The molecule has 0 spiro atoms. The molecule has 2 aromatic carbocycles. The Labute approximate surface area is 130 Å². The topological polar surface area (TPSA) is 106 Å². The molecule has 6 nitrogen and oxygen atoms in total. The van der Waals surface area contributed by atoms with Crippen molar-refractivity contribution in [2.24, 2.45) is 0 Å². The lowest BCUT2D eigenvalue weighted by Crippen LogP contribution is -2.00. The monoisotopic (exact) mass is 326 g/mol. The average Bonchev–Trinajstić information content (AvgIpc) is 2.42. The number of carboxylic acids is 1. The Morgan fingerprint density at radius 2 is 1.90 bits per heavy atom. The molecule has 0 fully saturated rings. The Balaban J connectivity index is 0.000000211. The van der Waals surface area contributed by atoms with Crippen molar-refractivity contribution < 1.29 is 14.8 Å². The molecule has 0 saturated carbocycles. The van der Waals surface area contributed by atoms with Gasteiger partial charge in [0, 0.05) is 16.6 Å². The summed E-state index contributed by atoms with van der Waals surface area (Å²) in [5, 5.41) is 18.9. The van der Waals surface area contributed by atoms with Crippen LogP contribution in [0.5, 0.6) is 0 Å². The number of thiol groups is 1. The van der Waals surface area contributed by atoms with Crippen molar-refractivity contribution in [3.63, 3.8) is 0 Å². The summed E-state index contributed by atoms with van der Waals surface area (Å²) in [5.41, 5.74) is 5.68. The molecule has 2 aromatic rings. The average molecular weight is 327 g/mol. The summed E-state index contributed by atoms with van der Waals surface area (Å²) in [5.74, 6) is -0.988. The number of benzene rings is 2. The van der Waals surface area contributed by atoms with Crippen LogP contribution >= 0.6 is 24.2 Å². The molecule has 0 aliphatic carbocycles. The van der Waals surface area contributed by atoms with Crippen molar-refractivity contribution in [1.29, 1.82) is 0 Å². The van der Waals surface area contributed by atoms with Gasteiger partial charge in [0.05, 0.1) is 10.5 Å². The highest BCUT2D eigenvalue weighted by Gasteiger charge is 2.10. The van der Waals surface area contributed by atoms with Gasteiger partial charge in [-0.2, -0.15) is 0 Å². The molecule has 110 valence electrons. The maximum Gasteiger partial charge on any atom is 0.337 e. The molecule has 0 atom stereocenters. The van der Waals surface area contributed by atoms with E-state index in [2.05, 4.69) is 12.6 Å². The van der Waals surface area contributed by atoms with Crippen LogP contribution in [0.2, 0.25) is 5.02 Å². The van der Waals surface area contributed by atoms with Gasteiger partial charge in [0.15, 0.2) is 0 Å². The molecule has 3 N–H and O–H groups in total. The van der Waals surface area contributed by atoms with E-state index < -0.39 is 10.9 Å². The number of aromatic carboxylic acids is 1. The van der Waals surface area contributed by atoms with Crippen LogP contribution in [0.1, 0.15) is 10.4 Å². The van der Waals surface area contributed by atoms with Gasteiger partial charge in [-0.15, -0.1) is 12.6 Å². The molecule has 8 heteroatoms. The summed E-state index contributed by atoms with van der Waals surface area (Å²) in [6, 6.07) is 10.7. The van der Waals surface area contributed by atoms with Gasteiger partial charge in [-0.3, -0.25) is 10.1 Å². The Kier molecular flexibility index (Phi) is 6.01. The number of rotatable bonds is 2. The van der Waals surface area contributed by atoms with Crippen LogP contribution in [-0.2, 0) is 0 Å². The first kappa shape index (κ1) is 16.8. The van der Waals surface area contributed by atoms with Crippen LogP contribution in [0.3, 0.4) is 0 Å². The van der Waals surface area contributed by atoms with Gasteiger partial charge in [-0.05, 0) is 24.3 Å². The van der Waals surface area contributed by atoms with Gasteiger partial charge in [-0.25, -0.2) is 4.79 Å². The molecule has 0 bridgehead atoms. The quantitative estimate of drug-likeness (QED) is 0.339. The second-order valence-electron chi connectivity index (χ2n) is 3.79. The Hall–Kier alpha value is -2.25. The summed E-state index contributed by atoms with van der Waals surface area (Å²) in [4.78, 5) is 20.6. The van der Waals surface area contributed by atoms with Crippen LogP contribution in [0.4, 0.5) is 11.4 Å². The third-order valence-electron chi connectivity index (χ3n) is 2.32. The molecule has 0 saturated heterocycles. The largest absolute Gasteiger partial charge is 0.478 e. The number of nitrogen functional groups attached to an aromatic ring is 1. The minimum absolute atomic E-state index is 0.112. The number of carbonyl (C=O) groups is 1. The van der Waals surface area contributed by atoms with Crippen molar-refractivity contribution >= 4 is 41.6 Å². The van der Waals surface area contributed by atoms with E-state index in [1.54, 1.807) is 24.3 Å². The highest BCUT2D eigenvalue weighted by atomic mass is 35.5. The van der Waals surface area contributed by atoms with Gasteiger partial charge in [0.1, 0.15) is 5.02 Å². The Bertz CT molecular complexity index is 679. The molecule has 0 heterocycles. The summed E-state index contributed by atoms with van der Waals surface area (Å²) < 4.78 is 0. The second kappa shape index (κ2) is 7.51. The molecular weight excluding hydrogens is 316 g/mol. The molecule has 0 amide bonds. The number of carboxylic acid groups (broad SMARTS) is 1. The van der Waals surface area contributed by atoms with Crippen LogP contribution < -0.4 is 5.73 Å². The van der Waals surface area contributed by atoms with Crippen molar-refractivity contribution in [2.45, 2.75) is 4.90 Å². The number of hydrogen-bond donors (Lipinski definition) is 3. The molecule has 0 aromatic heterocycles. The SMILES string of the molecule is Nc1ccccc1C(=O)O.O=[N+]([O-])c1cc(S)ccc1Cl. The van der Waals surface area contributed by atoms with Gasteiger partial charge in [0.25, 0.3) is 5.69 Å². The first-order valence-electron chi connectivity index (χ1n) is 5.53. The van der Waals surface area contributed by atoms with Crippen LogP contribution in [0.15, 0.2) is 47.4 Å². The lowest BCUT2D eigenvalue weighted by Gasteiger charge is -1.96. The highest BCUT2D eigenvalue weighted by Crippen LogP contribution is 2.26. The van der Waals surface area contributed by atoms with Gasteiger partial charge < -0.3 is 10.8 Å². The fourth-order valence-electron chi connectivity index (χ4n) is 1.33. The van der Waals surface area contributed by atoms with E-state index in [9.17, 15) is 14.9 Å². The van der Waals surface area contributed by atoms with Gasteiger partial charge in [0.2, 0.25) is 0 Å². The van der Waals surface area contributed by atoms with Crippen molar-refractivity contribution in [3.8, 4) is 0 Å². The molecule has 0 radical (unpaired) electrons. The van der Waals surface area contributed by atoms with E-state index in [4.69, 9.17) is 22.4 Å². The number of nitro groups is 1. The van der Waals surface area contributed by atoms with E-state index in [-0.39, 0.29) is 16.3 Å². The van der Waals surface area contributed by atoms with E-state index in [1.165, 1.54) is 18.2 Å². The number of anilines is 1. The predicted molar refractivity (Wildman–Crippen MR) is 83.2 cm³/mol. The third-order valence-corrected chi connectivity index (χ3v) is 2.92. The minimum atomic E-state index is -0.988. The molecule has 0 aliphatic heterocycles. The van der Waals surface area contributed by atoms with Gasteiger partial charge >= 0.3 is 5.97 Å². The zero-order valence-electron chi connectivity index (χ0n) is 10.6. The summed E-state index contributed by atoms with van der Waals surface area (Å²) in [6.45, 7) is 0. The Morgan fingerprint density at radius 3 is 2.33 bits per heavy atom. The van der Waals surface area contributed by atoms with E-state index in [0.717, 1.165) is 0 Å². The van der Waals surface area contributed by atoms with Crippen molar-refractivity contribution in [2.75, 3.05) is 5.73 Å². The lowest BCUT2D eigenvalue weighted by atomic mass is 10.2. The molecule has 0 aliphatic rings. The minimum Gasteiger partial charge on any atom is -0.478 e.